The Labute approximate surface area is 315 Å². The largest absolute Gasteiger partial charge is 0.459 e. The summed E-state index contributed by atoms with van der Waals surface area (Å²) in [6, 6.07) is 43.3. The van der Waals surface area contributed by atoms with Gasteiger partial charge in [-0.25, -0.2) is 0 Å². The van der Waals surface area contributed by atoms with Gasteiger partial charge < -0.3 is 9.64 Å². The maximum atomic E-state index is 13.7. The van der Waals surface area contributed by atoms with Gasteiger partial charge in [0.2, 0.25) is 0 Å². The standard InChI is InChI=1S/C45H43N3O4S/c1-43(2,3)52-39(49)29-47-41(50)36(28-46)40(42(47)51)37-26-27-38(53-37)48(34-22-18-32(19-23-34)44(4,5)30-14-10-8-11-15-30)35-24-20-33(21-25-35)45(6,7)31-16-12-9-13-17-31/h8-27H,29H2,1-7H3. The van der Waals surface area contributed by atoms with Gasteiger partial charge in [0.25, 0.3) is 11.8 Å². The van der Waals surface area contributed by atoms with Crippen LogP contribution in [-0.2, 0) is 30.0 Å². The molecule has 2 amide bonds. The van der Waals surface area contributed by atoms with E-state index in [9.17, 15) is 19.6 Å². The Morgan fingerprint density at radius 2 is 1.11 bits per heavy atom. The third kappa shape index (κ3) is 7.44. The summed E-state index contributed by atoms with van der Waals surface area (Å²) in [5.74, 6) is -2.23. The molecule has 1 aliphatic heterocycles. The molecule has 8 heteroatoms. The number of imide groups is 1. The number of hydrogen-bond acceptors (Lipinski definition) is 7. The van der Waals surface area contributed by atoms with E-state index in [-0.39, 0.29) is 22.0 Å². The minimum Gasteiger partial charge on any atom is -0.459 e. The number of rotatable bonds is 10. The van der Waals surface area contributed by atoms with Gasteiger partial charge in [0, 0.05) is 27.1 Å². The van der Waals surface area contributed by atoms with Crippen molar-refractivity contribution in [3.8, 4) is 6.07 Å². The molecule has 0 spiro atoms. The first-order chi connectivity index (χ1) is 25.1. The number of nitriles is 1. The molecule has 0 atom stereocenters. The van der Waals surface area contributed by atoms with E-state index in [2.05, 4.69) is 130 Å². The second-order valence-corrected chi connectivity index (χ2v) is 16.3. The maximum absolute atomic E-state index is 13.7. The molecule has 0 saturated carbocycles. The van der Waals surface area contributed by atoms with Gasteiger partial charge in [-0.15, -0.1) is 11.3 Å². The van der Waals surface area contributed by atoms with Crippen molar-refractivity contribution in [2.24, 2.45) is 0 Å². The van der Waals surface area contributed by atoms with Crippen LogP contribution in [0.2, 0.25) is 0 Å². The quantitative estimate of drug-likeness (QED) is 0.105. The molecule has 53 heavy (non-hydrogen) atoms. The number of benzene rings is 4. The average Bonchev–Trinajstić information content (AvgIpc) is 3.70. The summed E-state index contributed by atoms with van der Waals surface area (Å²) in [6.07, 6.45) is 0. The third-order valence-electron chi connectivity index (χ3n) is 9.73. The number of anilines is 3. The molecule has 0 saturated heterocycles. The van der Waals surface area contributed by atoms with Gasteiger partial charge >= 0.3 is 5.97 Å². The van der Waals surface area contributed by atoms with Gasteiger partial charge in [-0.05, 0) is 79.4 Å². The van der Waals surface area contributed by atoms with E-state index in [1.807, 2.05) is 24.3 Å². The van der Waals surface area contributed by atoms with Crippen molar-refractivity contribution >= 4 is 51.1 Å². The van der Waals surface area contributed by atoms with Crippen LogP contribution in [0, 0.1) is 11.3 Å². The van der Waals surface area contributed by atoms with Crippen molar-refractivity contribution in [2.75, 3.05) is 11.4 Å². The van der Waals surface area contributed by atoms with E-state index in [0.717, 1.165) is 32.4 Å². The summed E-state index contributed by atoms with van der Waals surface area (Å²) in [7, 11) is 0. The predicted octanol–water partition coefficient (Wildman–Crippen LogP) is 9.86. The lowest BCUT2D eigenvalue weighted by Crippen LogP contribution is -2.39. The number of ether oxygens (including phenoxy) is 1. The van der Waals surface area contributed by atoms with Gasteiger partial charge in [-0.1, -0.05) is 113 Å². The van der Waals surface area contributed by atoms with Gasteiger partial charge in [0.05, 0.1) is 5.57 Å². The first-order valence-corrected chi connectivity index (χ1v) is 18.4. The summed E-state index contributed by atoms with van der Waals surface area (Å²) in [5, 5.41) is 10.8. The normalized spacial score (nSPS) is 13.7. The summed E-state index contributed by atoms with van der Waals surface area (Å²) >= 11 is 1.30. The highest BCUT2D eigenvalue weighted by Gasteiger charge is 2.41. The molecule has 6 rings (SSSR count). The van der Waals surface area contributed by atoms with Crippen molar-refractivity contribution in [1.29, 1.82) is 5.26 Å². The van der Waals surface area contributed by atoms with Crippen LogP contribution in [-0.4, -0.2) is 34.8 Å². The molecule has 5 aromatic rings. The van der Waals surface area contributed by atoms with E-state index < -0.39 is 29.9 Å². The summed E-state index contributed by atoms with van der Waals surface area (Å²) in [5.41, 5.74) is 4.96. The van der Waals surface area contributed by atoms with Crippen molar-refractivity contribution in [2.45, 2.75) is 64.9 Å². The second-order valence-electron chi connectivity index (χ2n) is 15.2. The van der Waals surface area contributed by atoms with Crippen LogP contribution in [0.1, 0.15) is 75.6 Å². The van der Waals surface area contributed by atoms with E-state index >= 15 is 0 Å². The fourth-order valence-corrected chi connectivity index (χ4v) is 7.73. The van der Waals surface area contributed by atoms with Crippen LogP contribution in [0.15, 0.2) is 127 Å². The number of amides is 2. The highest BCUT2D eigenvalue weighted by molar-refractivity contribution is 7.17. The van der Waals surface area contributed by atoms with Gasteiger partial charge in [-0.2, -0.15) is 5.26 Å². The highest BCUT2D eigenvalue weighted by atomic mass is 32.1. The fourth-order valence-electron chi connectivity index (χ4n) is 6.64. The topological polar surface area (TPSA) is 90.7 Å². The zero-order chi connectivity index (χ0) is 38.1. The van der Waals surface area contributed by atoms with Gasteiger partial charge in [-0.3, -0.25) is 19.3 Å². The van der Waals surface area contributed by atoms with Crippen LogP contribution in [0.25, 0.3) is 5.57 Å². The smallest absolute Gasteiger partial charge is 0.326 e. The second kappa shape index (κ2) is 14.3. The Hall–Kier alpha value is -5.78. The van der Waals surface area contributed by atoms with E-state index in [4.69, 9.17) is 4.74 Å². The molecule has 0 unspecified atom stereocenters. The van der Waals surface area contributed by atoms with Crippen molar-refractivity contribution in [3.05, 3.63) is 154 Å². The number of carbonyl (C=O) groups is 3. The summed E-state index contributed by atoms with van der Waals surface area (Å²) in [6.45, 7) is 13.4. The molecular formula is C45H43N3O4S. The Balaban J connectivity index is 1.38. The molecule has 1 aliphatic rings. The van der Waals surface area contributed by atoms with Crippen LogP contribution in [0.3, 0.4) is 0 Å². The number of thiophene rings is 1. The van der Waals surface area contributed by atoms with Crippen LogP contribution in [0.5, 0.6) is 0 Å². The van der Waals surface area contributed by atoms with E-state index in [0.29, 0.717) is 4.88 Å². The first kappa shape index (κ1) is 37.0. The molecule has 268 valence electrons. The van der Waals surface area contributed by atoms with Gasteiger partial charge in [0.1, 0.15) is 28.8 Å². The average molecular weight is 722 g/mol. The summed E-state index contributed by atoms with van der Waals surface area (Å²) in [4.78, 5) is 42.9. The lowest BCUT2D eigenvalue weighted by Gasteiger charge is -2.29. The Kier molecular flexibility index (Phi) is 10.0. The minimum absolute atomic E-state index is 0.0165. The van der Waals surface area contributed by atoms with E-state index in [1.165, 1.54) is 22.5 Å². The molecule has 7 nitrogen and oxygen atoms in total. The monoisotopic (exact) mass is 721 g/mol. The number of hydrogen-bond donors (Lipinski definition) is 0. The third-order valence-corrected chi connectivity index (χ3v) is 10.8. The Morgan fingerprint density at radius 3 is 1.55 bits per heavy atom. The zero-order valence-electron chi connectivity index (χ0n) is 31.1. The molecule has 0 aliphatic carbocycles. The maximum Gasteiger partial charge on any atom is 0.326 e. The van der Waals surface area contributed by atoms with E-state index in [1.54, 1.807) is 26.8 Å². The molecule has 0 N–H and O–H groups in total. The molecule has 0 radical (unpaired) electrons. The Morgan fingerprint density at radius 1 is 0.660 bits per heavy atom. The number of carbonyl (C=O) groups excluding carboxylic acids is 3. The van der Waals surface area contributed by atoms with Crippen LogP contribution >= 0.6 is 11.3 Å². The van der Waals surface area contributed by atoms with Crippen molar-refractivity contribution in [1.82, 2.24) is 4.90 Å². The Bertz CT molecular complexity index is 2130. The van der Waals surface area contributed by atoms with Gasteiger partial charge in [0.15, 0.2) is 0 Å². The minimum atomic E-state index is -0.807. The molecule has 4 aromatic carbocycles. The predicted molar refractivity (Wildman–Crippen MR) is 211 cm³/mol. The van der Waals surface area contributed by atoms with Crippen LogP contribution in [0.4, 0.5) is 16.4 Å². The van der Waals surface area contributed by atoms with Crippen molar-refractivity contribution < 1.29 is 19.1 Å². The zero-order valence-corrected chi connectivity index (χ0v) is 32.0. The number of esters is 1. The molecule has 1 aromatic heterocycles. The lowest BCUT2D eigenvalue weighted by molar-refractivity contribution is -0.160. The first-order valence-electron chi connectivity index (χ1n) is 17.6. The summed E-state index contributed by atoms with van der Waals surface area (Å²) < 4.78 is 5.36. The molecule has 2 heterocycles. The SMILES string of the molecule is CC(C)(C)OC(=O)CN1C(=O)C(C#N)=C(c2ccc(N(c3ccc(C(C)(C)c4ccccc4)cc3)c3ccc(C(C)(C)c4ccccc4)cc3)s2)C1=O. The van der Waals surface area contributed by atoms with Crippen molar-refractivity contribution in [3.63, 3.8) is 0 Å². The lowest BCUT2D eigenvalue weighted by atomic mass is 9.78. The molecular weight excluding hydrogens is 679 g/mol. The fraction of sp³-hybridized carbons (Fsp3) is 0.244. The molecule has 0 fully saturated rings. The molecule has 0 bridgehead atoms. The number of nitrogens with zero attached hydrogens (tertiary/aromatic N) is 3. The van der Waals surface area contributed by atoms with Crippen LogP contribution < -0.4 is 4.90 Å². The highest BCUT2D eigenvalue weighted by Crippen LogP contribution is 2.44.